The van der Waals surface area contributed by atoms with Crippen LogP contribution in [0.2, 0.25) is 0 Å². The molecular weight excluding hydrogens is 558 g/mol. The number of nitrogens with one attached hydrogen (secondary N) is 2. The summed E-state index contributed by atoms with van der Waals surface area (Å²) in [6.07, 6.45) is 2.12. The molecule has 1 aliphatic rings. The highest BCUT2D eigenvalue weighted by atomic mass is 79.9. The Bertz CT molecular complexity index is 1470. The third kappa shape index (κ3) is 5.24. The summed E-state index contributed by atoms with van der Waals surface area (Å²) in [7, 11) is 0. The van der Waals surface area contributed by atoms with E-state index in [1.54, 1.807) is 6.20 Å². The van der Waals surface area contributed by atoms with Crippen LogP contribution in [0.5, 0.6) is 0 Å². The van der Waals surface area contributed by atoms with E-state index in [-0.39, 0.29) is 18.0 Å². The molecule has 0 aliphatic carbocycles. The maximum atomic E-state index is 12.9. The number of aromatic nitrogens is 2. The van der Waals surface area contributed by atoms with E-state index in [4.69, 9.17) is 12.2 Å². The number of nitrogens with zero attached hydrogens (tertiary/aromatic N) is 3. The predicted octanol–water partition coefficient (Wildman–Crippen LogP) is 6.56. The van der Waals surface area contributed by atoms with E-state index >= 15 is 0 Å². The molecule has 2 unspecified atom stereocenters. The number of carbonyl (C=O) groups excluding carboxylic acids is 1. The molecule has 1 amide bonds. The first kappa shape index (κ1) is 26.1. The van der Waals surface area contributed by atoms with Crippen molar-refractivity contribution in [2.75, 3.05) is 11.9 Å². The number of pyridine rings is 1. The minimum Gasteiger partial charge on any atom is -0.352 e. The Morgan fingerprint density at radius 1 is 1.05 bits per heavy atom. The van der Waals surface area contributed by atoms with Crippen molar-refractivity contribution in [3.05, 3.63) is 112 Å². The molecule has 2 atom stereocenters. The quantitative estimate of drug-likeness (QED) is 0.240. The van der Waals surface area contributed by atoms with Gasteiger partial charge in [0.1, 0.15) is 0 Å². The van der Waals surface area contributed by atoms with E-state index in [0.29, 0.717) is 18.1 Å². The van der Waals surface area contributed by atoms with Crippen molar-refractivity contribution in [3.8, 4) is 5.69 Å². The molecule has 6 nitrogen and oxygen atoms in total. The van der Waals surface area contributed by atoms with Crippen LogP contribution in [0.3, 0.4) is 0 Å². The monoisotopic (exact) mass is 587 g/mol. The average molecular weight is 589 g/mol. The van der Waals surface area contributed by atoms with E-state index < -0.39 is 0 Å². The van der Waals surface area contributed by atoms with Gasteiger partial charge in [0, 0.05) is 46.4 Å². The van der Waals surface area contributed by atoms with Crippen LogP contribution in [-0.4, -0.2) is 32.0 Å². The minimum absolute atomic E-state index is 0.0394. The normalized spacial score (nSPS) is 16.9. The number of thiocarbonyl (C=S) groups is 1. The number of aryl methyl sites for hydroxylation is 2. The van der Waals surface area contributed by atoms with Gasteiger partial charge < -0.3 is 20.1 Å². The molecule has 1 aliphatic heterocycles. The van der Waals surface area contributed by atoms with Crippen molar-refractivity contribution in [1.29, 1.82) is 0 Å². The van der Waals surface area contributed by atoms with Crippen molar-refractivity contribution < 1.29 is 4.79 Å². The molecule has 2 aromatic carbocycles. The Morgan fingerprint density at radius 3 is 2.50 bits per heavy atom. The molecule has 0 spiro atoms. The number of para-hydroxylation sites is 1. The minimum atomic E-state index is -0.137. The van der Waals surface area contributed by atoms with Crippen LogP contribution in [-0.2, 0) is 4.79 Å². The van der Waals surface area contributed by atoms with Gasteiger partial charge in [0.05, 0.1) is 17.8 Å². The lowest BCUT2D eigenvalue weighted by Gasteiger charge is -2.28. The molecule has 4 aromatic rings. The Balaban J connectivity index is 1.47. The Kier molecular flexibility index (Phi) is 7.63. The summed E-state index contributed by atoms with van der Waals surface area (Å²) < 4.78 is 3.31. The maximum absolute atomic E-state index is 12.9. The Hall–Kier alpha value is -3.49. The second-order valence-electron chi connectivity index (χ2n) is 9.57. The van der Waals surface area contributed by atoms with Crippen LogP contribution in [0.15, 0.2) is 83.5 Å². The topological polar surface area (TPSA) is 62.2 Å². The highest BCUT2D eigenvalue weighted by Crippen LogP contribution is 2.41. The summed E-state index contributed by atoms with van der Waals surface area (Å²) in [5.41, 5.74) is 7.31. The maximum Gasteiger partial charge on any atom is 0.226 e. The zero-order valence-electron chi connectivity index (χ0n) is 21.6. The van der Waals surface area contributed by atoms with Crippen molar-refractivity contribution in [1.82, 2.24) is 19.8 Å². The SMILES string of the molecule is Cc1ccccc1NC(=O)CCN1C(=S)NC(c2ccccn2)C1c1cc(C)n(-c2ccc(Br)cc2)c1C. The molecule has 1 saturated heterocycles. The van der Waals surface area contributed by atoms with E-state index in [9.17, 15) is 4.79 Å². The lowest BCUT2D eigenvalue weighted by Crippen LogP contribution is -2.33. The molecule has 38 heavy (non-hydrogen) atoms. The summed E-state index contributed by atoms with van der Waals surface area (Å²) in [4.78, 5) is 19.7. The molecule has 8 heteroatoms. The molecule has 5 rings (SSSR count). The smallest absolute Gasteiger partial charge is 0.226 e. The number of rotatable bonds is 7. The van der Waals surface area contributed by atoms with Gasteiger partial charge in [-0.1, -0.05) is 40.2 Å². The predicted molar refractivity (Wildman–Crippen MR) is 160 cm³/mol. The summed E-state index contributed by atoms with van der Waals surface area (Å²) in [5, 5.41) is 7.18. The van der Waals surface area contributed by atoms with Gasteiger partial charge in [-0.3, -0.25) is 9.78 Å². The van der Waals surface area contributed by atoms with Crippen molar-refractivity contribution in [2.24, 2.45) is 0 Å². The Labute approximate surface area is 237 Å². The number of hydrogen-bond acceptors (Lipinski definition) is 3. The summed E-state index contributed by atoms with van der Waals surface area (Å²) >= 11 is 9.37. The molecule has 1 fully saturated rings. The van der Waals surface area contributed by atoms with Crippen molar-refractivity contribution in [3.63, 3.8) is 0 Å². The molecule has 2 aromatic heterocycles. The fourth-order valence-corrected chi connectivity index (χ4v) is 5.80. The lowest BCUT2D eigenvalue weighted by molar-refractivity contribution is -0.116. The number of hydrogen-bond donors (Lipinski definition) is 2. The first-order chi connectivity index (χ1) is 18.3. The fourth-order valence-electron chi connectivity index (χ4n) is 5.21. The highest BCUT2D eigenvalue weighted by Gasteiger charge is 2.41. The standard InChI is InChI=1S/C30H30BrN5OS/c1-19-8-4-5-9-25(19)33-27(37)15-17-35-29(28(34-30(35)38)26-10-6-7-16-32-26)24-18-20(2)36(21(24)3)23-13-11-22(31)12-14-23/h4-14,16,18,28-29H,15,17H2,1-3H3,(H,33,37)(H,34,38). The number of carbonyl (C=O) groups is 1. The van der Waals surface area contributed by atoms with Gasteiger partial charge in [0.15, 0.2) is 5.11 Å². The van der Waals surface area contributed by atoms with Gasteiger partial charge >= 0.3 is 0 Å². The van der Waals surface area contributed by atoms with E-state index in [1.165, 1.54) is 0 Å². The molecule has 0 saturated carbocycles. The largest absolute Gasteiger partial charge is 0.352 e. The molecular formula is C30H30BrN5OS. The second-order valence-corrected chi connectivity index (χ2v) is 10.9. The lowest BCUT2D eigenvalue weighted by atomic mass is 9.96. The highest BCUT2D eigenvalue weighted by molar-refractivity contribution is 9.10. The van der Waals surface area contributed by atoms with Crippen LogP contribution in [0.4, 0.5) is 5.69 Å². The molecule has 194 valence electrons. The number of benzene rings is 2. The third-order valence-corrected chi connectivity index (χ3v) is 7.95. The zero-order valence-corrected chi connectivity index (χ0v) is 24.0. The van der Waals surface area contributed by atoms with Crippen LogP contribution in [0, 0.1) is 20.8 Å². The van der Waals surface area contributed by atoms with Gasteiger partial charge in [-0.25, -0.2) is 0 Å². The first-order valence-corrected chi connectivity index (χ1v) is 13.8. The summed E-state index contributed by atoms with van der Waals surface area (Å²) in [6.45, 7) is 6.74. The molecule has 2 N–H and O–H groups in total. The number of halogens is 1. The van der Waals surface area contributed by atoms with Crippen molar-refractivity contribution in [2.45, 2.75) is 39.3 Å². The van der Waals surface area contributed by atoms with Gasteiger partial charge in [0.2, 0.25) is 5.91 Å². The molecule has 0 bridgehead atoms. The van der Waals surface area contributed by atoms with Gasteiger partial charge in [-0.15, -0.1) is 0 Å². The molecule has 0 radical (unpaired) electrons. The number of amides is 1. The Morgan fingerprint density at radius 2 is 1.79 bits per heavy atom. The van der Waals surface area contributed by atoms with Crippen LogP contribution >= 0.6 is 28.1 Å². The van der Waals surface area contributed by atoms with Crippen LogP contribution in [0.1, 0.15) is 46.7 Å². The van der Waals surface area contributed by atoms with Gasteiger partial charge in [-0.05, 0) is 92.6 Å². The average Bonchev–Trinajstić information content (AvgIpc) is 3.39. The summed E-state index contributed by atoms with van der Waals surface area (Å²) in [5.74, 6) is -0.0394. The zero-order chi connectivity index (χ0) is 26.8. The second kappa shape index (κ2) is 11.1. The van der Waals surface area contributed by atoms with Gasteiger partial charge in [0.25, 0.3) is 0 Å². The van der Waals surface area contributed by atoms with Crippen LogP contribution in [0.25, 0.3) is 5.69 Å². The first-order valence-electron chi connectivity index (χ1n) is 12.6. The number of anilines is 1. The fraction of sp³-hybridized carbons (Fsp3) is 0.233. The van der Waals surface area contributed by atoms with Crippen molar-refractivity contribution >= 4 is 44.9 Å². The molecule has 3 heterocycles. The van der Waals surface area contributed by atoms with Gasteiger partial charge in [-0.2, -0.15) is 0 Å². The third-order valence-electron chi connectivity index (χ3n) is 7.07. The van der Waals surface area contributed by atoms with E-state index in [2.05, 4.69) is 85.2 Å². The van der Waals surface area contributed by atoms with E-state index in [1.807, 2.05) is 49.4 Å². The van der Waals surface area contributed by atoms with Crippen LogP contribution < -0.4 is 10.6 Å². The van der Waals surface area contributed by atoms with E-state index in [0.717, 1.165) is 44.1 Å². The summed E-state index contributed by atoms with van der Waals surface area (Å²) in [6, 6.07) is 24.0.